The average Bonchev–Trinajstić information content (AvgIpc) is 2.33. The number of hydrogen-bond donors (Lipinski definition) is 0. The Hall–Kier alpha value is -1.25. The van der Waals surface area contributed by atoms with Crippen LogP contribution < -0.4 is 10.4 Å². The van der Waals surface area contributed by atoms with Crippen LogP contribution >= 0.6 is 0 Å². The van der Waals surface area contributed by atoms with Crippen molar-refractivity contribution in [3.8, 4) is 0 Å². The second-order valence-electron chi connectivity index (χ2n) is 4.84. The lowest BCUT2D eigenvalue weighted by Crippen LogP contribution is -2.31. The van der Waals surface area contributed by atoms with E-state index in [0.29, 0.717) is 12.5 Å². The van der Waals surface area contributed by atoms with E-state index in [9.17, 15) is 4.79 Å². The quantitative estimate of drug-likeness (QED) is 0.806. The molecule has 0 amide bonds. The minimum atomic E-state index is -0.0348. The summed E-state index contributed by atoms with van der Waals surface area (Å²) >= 11 is 0. The minimum Gasteiger partial charge on any atom is -0.411 e. The fraction of sp³-hybridized carbons (Fsp3) is 0.643. The summed E-state index contributed by atoms with van der Waals surface area (Å²) in [5.74, 6) is 0.489. The van der Waals surface area contributed by atoms with Gasteiger partial charge in [-0.3, -0.25) is 4.79 Å². The van der Waals surface area contributed by atoms with Crippen molar-refractivity contribution in [1.82, 2.24) is 4.73 Å². The first-order valence-electron chi connectivity index (χ1n) is 6.59. The molecule has 1 aliphatic carbocycles. The van der Waals surface area contributed by atoms with Gasteiger partial charge >= 0.3 is 0 Å². The molecule has 17 heavy (non-hydrogen) atoms. The molecule has 0 radical (unpaired) electrons. The highest BCUT2D eigenvalue weighted by molar-refractivity contribution is 5.19. The van der Waals surface area contributed by atoms with Crippen molar-refractivity contribution >= 4 is 0 Å². The molecule has 0 unspecified atom stereocenters. The van der Waals surface area contributed by atoms with Gasteiger partial charge in [0.05, 0.1) is 5.69 Å². The molecular weight excluding hydrogens is 214 g/mol. The van der Waals surface area contributed by atoms with E-state index >= 15 is 0 Å². The first kappa shape index (κ1) is 12.2. The molecule has 1 heterocycles. The molecule has 0 atom stereocenters. The maximum atomic E-state index is 11.9. The average molecular weight is 235 g/mol. The van der Waals surface area contributed by atoms with Gasteiger partial charge in [-0.1, -0.05) is 19.3 Å². The standard InChI is InChI=1S/C14H21NO2/c1-3-17-15-13(9-11(2)10-14(15)16)12-7-5-4-6-8-12/h9-10,12H,3-8H2,1-2H3. The normalized spacial score (nSPS) is 17.1. The lowest BCUT2D eigenvalue weighted by Gasteiger charge is -2.24. The molecule has 1 aromatic heterocycles. The highest BCUT2D eigenvalue weighted by Gasteiger charge is 2.20. The van der Waals surface area contributed by atoms with E-state index in [4.69, 9.17) is 4.84 Å². The summed E-state index contributed by atoms with van der Waals surface area (Å²) in [6.07, 6.45) is 6.20. The second-order valence-corrected chi connectivity index (χ2v) is 4.84. The molecule has 0 saturated heterocycles. The highest BCUT2D eigenvalue weighted by atomic mass is 16.7. The van der Waals surface area contributed by atoms with Crippen LogP contribution in [0.25, 0.3) is 0 Å². The van der Waals surface area contributed by atoms with Gasteiger partial charge in [0.1, 0.15) is 6.61 Å². The topological polar surface area (TPSA) is 31.2 Å². The van der Waals surface area contributed by atoms with E-state index in [1.54, 1.807) is 6.07 Å². The van der Waals surface area contributed by atoms with Gasteiger partial charge in [0, 0.05) is 12.0 Å². The molecular formula is C14H21NO2. The zero-order valence-corrected chi connectivity index (χ0v) is 10.7. The zero-order chi connectivity index (χ0) is 12.3. The lowest BCUT2D eigenvalue weighted by molar-refractivity contribution is 0.101. The maximum Gasteiger partial charge on any atom is 0.283 e. The van der Waals surface area contributed by atoms with Gasteiger partial charge in [-0.05, 0) is 38.3 Å². The summed E-state index contributed by atoms with van der Waals surface area (Å²) in [5, 5.41) is 0. The van der Waals surface area contributed by atoms with Crippen LogP contribution in [-0.4, -0.2) is 11.3 Å². The van der Waals surface area contributed by atoms with E-state index < -0.39 is 0 Å². The van der Waals surface area contributed by atoms with Crippen LogP contribution in [-0.2, 0) is 0 Å². The molecule has 0 aliphatic heterocycles. The van der Waals surface area contributed by atoms with Crippen molar-refractivity contribution in [3.05, 3.63) is 33.7 Å². The van der Waals surface area contributed by atoms with Crippen LogP contribution in [0.3, 0.4) is 0 Å². The van der Waals surface area contributed by atoms with E-state index in [2.05, 4.69) is 6.07 Å². The Morgan fingerprint density at radius 3 is 2.65 bits per heavy atom. The van der Waals surface area contributed by atoms with Gasteiger partial charge in [0.25, 0.3) is 5.56 Å². The number of nitrogens with zero attached hydrogens (tertiary/aromatic N) is 1. The van der Waals surface area contributed by atoms with Crippen LogP contribution in [0.15, 0.2) is 16.9 Å². The summed E-state index contributed by atoms with van der Waals surface area (Å²) in [5.41, 5.74) is 2.07. The Labute approximate surface area is 102 Å². The first-order chi connectivity index (χ1) is 8.22. The summed E-state index contributed by atoms with van der Waals surface area (Å²) in [7, 11) is 0. The lowest BCUT2D eigenvalue weighted by atomic mass is 9.86. The minimum absolute atomic E-state index is 0.0348. The van der Waals surface area contributed by atoms with Crippen LogP contribution in [0.2, 0.25) is 0 Å². The van der Waals surface area contributed by atoms with Gasteiger partial charge in [-0.15, -0.1) is 4.73 Å². The summed E-state index contributed by atoms with van der Waals surface area (Å²) < 4.78 is 1.50. The number of pyridine rings is 1. The van der Waals surface area contributed by atoms with Crippen molar-refractivity contribution in [2.75, 3.05) is 6.61 Å². The fourth-order valence-electron chi connectivity index (χ4n) is 2.66. The number of aromatic nitrogens is 1. The molecule has 1 fully saturated rings. The molecule has 0 N–H and O–H groups in total. The summed E-state index contributed by atoms with van der Waals surface area (Å²) in [6.45, 7) is 4.42. The summed E-state index contributed by atoms with van der Waals surface area (Å²) in [6, 6.07) is 3.75. The van der Waals surface area contributed by atoms with Crippen LogP contribution in [0, 0.1) is 6.92 Å². The third kappa shape index (κ3) is 2.71. The SMILES string of the molecule is CCOn1c(C2CCCCC2)cc(C)cc1=O. The van der Waals surface area contributed by atoms with Crippen molar-refractivity contribution in [2.24, 2.45) is 0 Å². The van der Waals surface area contributed by atoms with Gasteiger partial charge in [0.15, 0.2) is 0 Å². The monoisotopic (exact) mass is 235 g/mol. The molecule has 0 spiro atoms. The van der Waals surface area contributed by atoms with E-state index in [1.807, 2.05) is 13.8 Å². The van der Waals surface area contributed by atoms with Crippen LogP contribution in [0.1, 0.15) is 56.2 Å². The van der Waals surface area contributed by atoms with E-state index in [0.717, 1.165) is 11.3 Å². The van der Waals surface area contributed by atoms with Gasteiger partial charge in [-0.2, -0.15) is 0 Å². The third-order valence-electron chi connectivity index (χ3n) is 3.44. The molecule has 3 nitrogen and oxygen atoms in total. The van der Waals surface area contributed by atoms with E-state index in [-0.39, 0.29) is 5.56 Å². The predicted molar refractivity (Wildman–Crippen MR) is 68.4 cm³/mol. The van der Waals surface area contributed by atoms with Gasteiger partial charge in [-0.25, -0.2) is 0 Å². The molecule has 3 heteroatoms. The molecule has 0 aromatic carbocycles. The summed E-state index contributed by atoms with van der Waals surface area (Å²) in [4.78, 5) is 17.4. The second kappa shape index (κ2) is 5.39. The maximum absolute atomic E-state index is 11.9. The number of hydrogen-bond acceptors (Lipinski definition) is 2. The van der Waals surface area contributed by atoms with Gasteiger partial charge in [0.2, 0.25) is 0 Å². The van der Waals surface area contributed by atoms with E-state index in [1.165, 1.54) is 36.8 Å². The molecule has 1 aromatic rings. The number of rotatable bonds is 3. The van der Waals surface area contributed by atoms with Crippen LogP contribution in [0.4, 0.5) is 0 Å². The fourth-order valence-corrected chi connectivity index (χ4v) is 2.66. The van der Waals surface area contributed by atoms with Crippen LogP contribution in [0.5, 0.6) is 0 Å². The molecule has 2 rings (SSSR count). The van der Waals surface area contributed by atoms with Crippen molar-refractivity contribution in [3.63, 3.8) is 0 Å². The van der Waals surface area contributed by atoms with Crippen molar-refractivity contribution in [2.45, 2.75) is 51.9 Å². The largest absolute Gasteiger partial charge is 0.411 e. The molecule has 0 bridgehead atoms. The molecule has 1 aliphatic rings. The Balaban J connectivity index is 2.38. The highest BCUT2D eigenvalue weighted by Crippen LogP contribution is 2.32. The first-order valence-corrected chi connectivity index (χ1v) is 6.59. The third-order valence-corrected chi connectivity index (χ3v) is 3.44. The zero-order valence-electron chi connectivity index (χ0n) is 10.7. The molecule has 94 valence electrons. The predicted octanol–water partition coefficient (Wildman–Crippen LogP) is 2.65. The smallest absolute Gasteiger partial charge is 0.283 e. The Morgan fingerprint density at radius 1 is 1.29 bits per heavy atom. The van der Waals surface area contributed by atoms with Crippen molar-refractivity contribution in [1.29, 1.82) is 0 Å². The Bertz CT molecular complexity index is 430. The number of aryl methyl sites for hydroxylation is 1. The molecule has 1 saturated carbocycles. The Morgan fingerprint density at radius 2 is 2.00 bits per heavy atom. The van der Waals surface area contributed by atoms with Gasteiger partial charge < -0.3 is 4.84 Å². The Kier molecular flexibility index (Phi) is 3.87. The van der Waals surface area contributed by atoms with Crippen molar-refractivity contribution < 1.29 is 4.84 Å².